The molecule has 1 atom stereocenters. The van der Waals surface area contributed by atoms with E-state index in [-0.39, 0.29) is 29.2 Å². The average molecular weight is 475 g/mol. The van der Waals surface area contributed by atoms with E-state index >= 15 is 0 Å². The third kappa shape index (κ3) is 5.05. The average Bonchev–Trinajstić information content (AvgIpc) is 3.35. The largest absolute Gasteiger partial charge is 0.573 e. The van der Waals surface area contributed by atoms with Crippen molar-refractivity contribution in [2.45, 2.75) is 30.1 Å². The van der Waals surface area contributed by atoms with Crippen LogP contribution in [0.3, 0.4) is 0 Å². The molecule has 1 aromatic heterocycles. The van der Waals surface area contributed by atoms with Gasteiger partial charge in [-0.3, -0.25) is 4.79 Å². The van der Waals surface area contributed by atoms with E-state index in [2.05, 4.69) is 14.8 Å². The molecule has 1 fully saturated rings. The molecule has 2 heterocycles. The summed E-state index contributed by atoms with van der Waals surface area (Å²) >= 11 is 0. The van der Waals surface area contributed by atoms with E-state index in [0.29, 0.717) is 6.42 Å². The Bertz CT molecular complexity index is 1110. The number of hydrogen-bond acceptors (Lipinski definition) is 6. The normalized spacial score (nSPS) is 17.2. The van der Waals surface area contributed by atoms with Crippen molar-refractivity contribution in [2.24, 2.45) is 7.05 Å². The Labute approximate surface area is 181 Å². The Morgan fingerprint density at radius 2 is 1.84 bits per heavy atom. The molecule has 0 aliphatic carbocycles. The highest BCUT2D eigenvalue weighted by molar-refractivity contribution is 7.89. The first-order valence-corrected chi connectivity index (χ1v) is 10.8. The minimum absolute atomic E-state index is 0.0347. The molecular formula is C19H20F3N3O6S. The molecule has 1 aliphatic rings. The number of carbonyl (C=O) groups excluding carboxylic acids is 2. The van der Waals surface area contributed by atoms with Gasteiger partial charge >= 0.3 is 12.3 Å². The zero-order valence-corrected chi connectivity index (χ0v) is 17.9. The quantitative estimate of drug-likeness (QED) is 0.644. The predicted octanol–water partition coefficient (Wildman–Crippen LogP) is 2.50. The van der Waals surface area contributed by atoms with Crippen LogP contribution in [0.15, 0.2) is 41.4 Å². The maximum absolute atomic E-state index is 13.1. The molecule has 0 spiro atoms. The number of sulfonamides is 1. The molecule has 3 rings (SSSR count). The van der Waals surface area contributed by atoms with E-state index in [1.807, 2.05) is 0 Å². The second-order valence-electron chi connectivity index (χ2n) is 7.00. The van der Waals surface area contributed by atoms with Crippen LogP contribution < -0.4 is 10.1 Å². The molecule has 1 N–H and O–H groups in total. The van der Waals surface area contributed by atoms with E-state index in [1.54, 1.807) is 0 Å². The topological polar surface area (TPSA) is 107 Å². The van der Waals surface area contributed by atoms with Crippen molar-refractivity contribution in [1.82, 2.24) is 8.87 Å². The van der Waals surface area contributed by atoms with E-state index in [1.165, 1.54) is 43.1 Å². The van der Waals surface area contributed by atoms with E-state index in [0.717, 1.165) is 16.4 Å². The predicted molar refractivity (Wildman–Crippen MR) is 105 cm³/mol. The van der Waals surface area contributed by atoms with Gasteiger partial charge in [-0.2, -0.15) is 4.31 Å². The number of halogens is 3. The zero-order valence-electron chi connectivity index (χ0n) is 17.0. The van der Waals surface area contributed by atoms with Gasteiger partial charge in [0.25, 0.3) is 0 Å². The number of aromatic nitrogens is 1. The molecule has 0 bridgehead atoms. The monoisotopic (exact) mass is 475 g/mol. The minimum Gasteiger partial charge on any atom is -0.464 e. The van der Waals surface area contributed by atoms with Crippen molar-refractivity contribution >= 4 is 27.6 Å². The molecule has 1 amide bonds. The van der Waals surface area contributed by atoms with Gasteiger partial charge in [0.1, 0.15) is 22.4 Å². The first-order chi connectivity index (χ1) is 14.9. The molecule has 0 unspecified atom stereocenters. The number of alkyl halides is 3. The van der Waals surface area contributed by atoms with Gasteiger partial charge in [0, 0.05) is 25.5 Å². The van der Waals surface area contributed by atoms with Gasteiger partial charge in [-0.15, -0.1) is 13.2 Å². The van der Waals surface area contributed by atoms with Gasteiger partial charge < -0.3 is 19.4 Å². The van der Waals surface area contributed by atoms with Crippen LogP contribution in [-0.4, -0.2) is 55.2 Å². The first-order valence-electron chi connectivity index (χ1n) is 9.35. The minimum atomic E-state index is -4.84. The Hall–Kier alpha value is -3.06. The summed E-state index contributed by atoms with van der Waals surface area (Å²) in [6, 6.07) is 4.65. The van der Waals surface area contributed by atoms with Crippen LogP contribution in [0.2, 0.25) is 0 Å². The number of carbonyl (C=O) groups is 2. The fourth-order valence-corrected chi connectivity index (χ4v) is 5.10. The molecule has 0 saturated carbocycles. The maximum Gasteiger partial charge on any atom is 0.573 e. The Balaban J connectivity index is 1.76. The summed E-state index contributed by atoms with van der Waals surface area (Å²) < 4.78 is 73.8. The van der Waals surface area contributed by atoms with Crippen LogP contribution in [0, 0.1) is 0 Å². The lowest BCUT2D eigenvalue weighted by Gasteiger charge is -2.23. The number of rotatable bonds is 6. The summed E-state index contributed by atoms with van der Waals surface area (Å²) in [6.45, 7) is 0.0984. The lowest BCUT2D eigenvalue weighted by molar-refractivity contribution is -0.274. The second-order valence-corrected chi connectivity index (χ2v) is 8.89. The summed E-state index contributed by atoms with van der Waals surface area (Å²) in [4.78, 5) is 24.4. The number of aryl methyl sites for hydroxylation is 1. The molecule has 9 nitrogen and oxygen atoms in total. The number of hydrogen-bond donors (Lipinski definition) is 1. The van der Waals surface area contributed by atoms with Crippen molar-refractivity contribution in [3.63, 3.8) is 0 Å². The number of amides is 1. The smallest absolute Gasteiger partial charge is 0.464 e. The lowest BCUT2D eigenvalue weighted by Crippen LogP contribution is -2.43. The molecule has 2 aromatic rings. The van der Waals surface area contributed by atoms with Gasteiger partial charge in [-0.05, 0) is 43.2 Å². The number of nitrogens with zero attached hydrogens (tertiary/aromatic N) is 2. The number of nitrogens with one attached hydrogen (secondary N) is 1. The van der Waals surface area contributed by atoms with Crippen LogP contribution in [0.25, 0.3) is 0 Å². The van der Waals surface area contributed by atoms with E-state index < -0.39 is 40.1 Å². The van der Waals surface area contributed by atoms with Crippen LogP contribution in [0.4, 0.5) is 18.9 Å². The van der Waals surface area contributed by atoms with E-state index in [4.69, 9.17) is 0 Å². The summed E-state index contributed by atoms with van der Waals surface area (Å²) in [6.07, 6.45) is -2.88. The fraction of sp³-hybridized carbons (Fsp3) is 0.368. The lowest BCUT2D eigenvalue weighted by atomic mass is 10.2. The highest BCUT2D eigenvalue weighted by atomic mass is 32.2. The number of methoxy groups -OCH3 is 1. The van der Waals surface area contributed by atoms with Crippen molar-refractivity contribution < 1.29 is 40.7 Å². The summed E-state index contributed by atoms with van der Waals surface area (Å²) in [5.74, 6) is -1.78. The Morgan fingerprint density at radius 1 is 1.19 bits per heavy atom. The molecule has 1 saturated heterocycles. The van der Waals surface area contributed by atoms with Gasteiger partial charge in [0.2, 0.25) is 15.9 Å². The molecule has 13 heteroatoms. The summed E-state index contributed by atoms with van der Waals surface area (Å²) in [5, 5.41) is 2.51. The fourth-order valence-electron chi connectivity index (χ4n) is 3.37. The third-order valence-corrected chi connectivity index (χ3v) is 6.72. The van der Waals surface area contributed by atoms with Gasteiger partial charge in [-0.25, -0.2) is 13.2 Å². The van der Waals surface area contributed by atoms with Crippen molar-refractivity contribution in [3.8, 4) is 5.75 Å². The third-order valence-electron chi connectivity index (χ3n) is 4.84. The van der Waals surface area contributed by atoms with Crippen LogP contribution in [0.1, 0.15) is 23.3 Å². The number of anilines is 1. The molecule has 0 radical (unpaired) electrons. The van der Waals surface area contributed by atoms with Gasteiger partial charge in [0.05, 0.1) is 7.11 Å². The molecule has 32 heavy (non-hydrogen) atoms. The molecule has 174 valence electrons. The SMILES string of the molecule is COC(=O)c1cc(S(=O)(=O)N2CCC[C@H]2C(=O)Nc2ccc(OC(F)(F)F)cc2)cn1C. The first kappa shape index (κ1) is 23.6. The van der Waals surface area contributed by atoms with Gasteiger partial charge in [0.15, 0.2) is 0 Å². The zero-order chi connectivity index (χ0) is 23.7. The van der Waals surface area contributed by atoms with Crippen LogP contribution in [0.5, 0.6) is 5.75 Å². The highest BCUT2D eigenvalue weighted by Crippen LogP contribution is 2.29. The van der Waals surface area contributed by atoms with Crippen molar-refractivity contribution in [2.75, 3.05) is 19.0 Å². The highest BCUT2D eigenvalue weighted by Gasteiger charge is 2.40. The maximum atomic E-state index is 13.1. The Morgan fingerprint density at radius 3 is 2.44 bits per heavy atom. The van der Waals surface area contributed by atoms with Gasteiger partial charge in [-0.1, -0.05) is 0 Å². The molecule has 1 aliphatic heterocycles. The summed E-state index contributed by atoms with van der Waals surface area (Å²) in [7, 11) is -1.43. The Kier molecular flexibility index (Phi) is 6.51. The van der Waals surface area contributed by atoms with Crippen molar-refractivity contribution in [3.05, 3.63) is 42.2 Å². The number of esters is 1. The second kappa shape index (κ2) is 8.82. The van der Waals surface area contributed by atoms with Crippen LogP contribution >= 0.6 is 0 Å². The van der Waals surface area contributed by atoms with Crippen molar-refractivity contribution in [1.29, 1.82) is 0 Å². The summed E-state index contributed by atoms with van der Waals surface area (Å²) in [5.41, 5.74) is 0.217. The standard InChI is InChI=1S/C19H20F3N3O6S/c1-24-11-14(10-16(24)18(27)30-2)32(28,29)25-9-3-4-15(25)17(26)23-12-5-7-13(8-6-12)31-19(20,21)22/h5-8,10-11,15H,3-4,9H2,1-2H3,(H,23,26)/t15-/m0/s1. The molecule has 1 aromatic carbocycles. The number of ether oxygens (including phenoxy) is 2. The van der Waals surface area contributed by atoms with Crippen LogP contribution in [-0.2, 0) is 26.6 Å². The van der Waals surface area contributed by atoms with E-state index in [9.17, 15) is 31.2 Å². The number of benzene rings is 1. The molecular weight excluding hydrogens is 455 g/mol.